The van der Waals surface area contributed by atoms with Gasteiger partial charge in [0.15, 0.2) is 23.0 Å². The molecule has 0 unspecified atom stereocenters. The fourth-order valence-electron chi connectivity index (χ4n) is 3.64. The van der Waals surface area contributed by atoms with Crippen LogP contribution in [-0.2, 0) is 0 Å². The first-order chi connectivity index (χ1) is 15.2. The molecular formula is C24H26N2O5. The summed E-state index contributed by atoms with van der Waals surface area (Å²) >= 11 is 0. The molecule has 1 fully saturated rings. The SMILES string of the molecule is COc1ccc(/C=C/c2nc(-c3ccc(OC)c(OC4CCCC4)c3)no2)cc1OC. The van der Waals surface area contributed by atoms with Crippen LogP contribution in [0, 0.1) is 0 Å². The topological polar surface area (TPSA) is 75.8 Å². The maximum absolute atomic E-state index is 6.17. The Kier molecular flexibility index (Phi) is 6.40. The van der Waals surface area contributed by atoms with E-state index in [0.717, 1.165) is 24.0 Å². The molecule has 1 saturated carbocycles. The van der Waals surface area contributed by atoms with E-state index in [0.29, 0.717) is 34.7 Å². The largest absolute Gasteiger partial charge is 0.493 e. The molecule has 0 N–H and O–H groups in total. The molecule has 1 aromatic heterocycles. The third-order valence-corrected chi connectivity index (χ3v) is 5.29. The smallest absolute Gasteiger partial charge is 0.250 e. The highest BCUT2D eigenvalue weighted by Crippen LogP contribution is 2.35. The van der Waals surface area contributed by atoms with Crippen LogP contribution in [0.15, 0.2) is 40.9 Å². The van der Waals surface area contributed by atoms with Gasteiger partial charge in [0.25, 0.3) is 5.89 Å². The van der Waals surface area contributed by atoms with Crippen molar-refractivity contribution in [2.24, 2.45) is 0 Å². The predicted molar refractivity (Wildman–Crippen MR) is 118 cm³/mol. The lowest BCUT2D eigenvalue weighted by Crippen LogP contribution is -2.11. The van der Waals surface area contributed by atoms with Crippen molar-refractivity contribution in [1.82, 2.24) is 10.1 Å². The first kappa shape index (κ1) is 20.8. The Hall–Kier alpha value is -3.48. The molecule has 0 radical (unpaired) electrons. The number of hydrogen-bond donors (Lipinski definition) is 0. The lowest BCUT2D eigenvalue weighted by Gasteiger charge is -2.16. The molecule has 1 heterocycles. The molecule has 4 rings (SSSR count). The maximum Gasteiger partial charge on any atom is 0.250 e. The normalized spacial score (nSPS) is 14.2. The minimum absolute atomic E-state index is 0.231. The van der Waals surface area contributed by atoms with E-state index in [4.69, 9.17) is 23.5 Å². The van der Waals surface area contributed by atoms with Gasteiger partial charge in [0.2, 0.25) is 5.82 Å². The summed E-state index contributed by atoms with van der Waals surface area (Å²) in [7, 11) is 4.85. The third-order valence-electron chi connectivity index (χ3n) is 5.29. The summed E-state index contributed by atoms with van der Waals surface area (Å²) in [6.07, 6.45) is 8.41. The zero-order chi connectivity index (χ0) is 21.6. The van der Waals surface area contributed by atoms with Crippen LogP contribution in [-0.4, -0.2) is 37.6 Å². The van der Waals surface area contributed by atoms with Gasteiger partial charge in [-0.25, -0.2) is 0 Å². The van der Waals surface area contributed by atoms with Gasteiger partial charge in [-0.3, -0.25) is 0 Å². The molecule has 0 bridgehead atoms. The Morgan fingerprint density at radius 1 is 0.839 bits per heavy atom. The van der Waals surface area contributed by atoms with E-state index in [1.807, 2.05) is 42.5 Å². The highest BCUT2D eigenvalue weighted by Gasteiger charge is 2.19. The third kappa shape index (κ3) is 4.82. The number of benzene rings is 2. The molecule has 7 nitrogen and oxygen atoms in total. The van der Waals surface area contributed by atoms with Crippen molar-refractivity contribution in [1.29, 1.82) is 0 Å². The Morgan fingerprint density at radius 3 is 2.29 bits per heavy atom. The Labute approximate surface area is 181 Å². The van der Waals surface area contributed by atoms with E-state index >= 15 is 0 Å². The molecule has 1 aliphatic rings. The summed E-state index contributed by atoms with van der Waals surface area (Å²) in [6, 6.07) is 11.3. The van der Waals surface area contributed by atoms with Crippen LogP contribution in [0.25, 0.3) is 23.5 Å². The van der Waals surface area contributed by atoms with Crippen molar-refractivity contribution in [3.05, 3.63) is 47.9 Å². The van der Waals surface area contributed by atoms with Gasteiger partial charge in [-0.1, -0.05) is 11.2 Å². The van der Waals surface area contributed by atoms with Crippen molar-refractivity contribution in [2.45, 2.75) is 31.8 Å². The van der Waals surface area contributed by atoms with E-state index in [2.05, 4.69) is 10.1 Å². The van der Waals surface area contributed by atoms with Crippen LogP contribution in [0.4, 0.5) is 0 Å². The van der Waals surface area contributed by atoms with Gasteiger partial charge in [-0.2, -0.15) is 4.98 Å². The van der Waals surface area contributed by atoms with Gasteiger partial charge >= 0.3 is 0 Å². The van der Waals surface area contributed by atoms with Crippen LogP contribution >= 0.6 is 0 Å². The second-order valence-corrected chi connectivity index (χ2v) is 7.29. The molecule has 0 spiro atoms. The van der Waals surface area contributed by atoms with Crippen LogP contribution in [0.1, 0.15) is 37.1 Å². The van der Waals surface area contributed by atoms with E-state index < -0.39 is 0 Å². The molecule has 0 aliphatic heterocycles. The molecule has 2 aromatic carbocycles. The first-order valence-corrected chi connectivity index (χ1v) is 10.3. The maximum atomic E-state index is 6.17. The lowest BCUT2D eigenvalue weighted by atomic mass is 10.2. The number of aromatic nitrogens is 2. The number of ether oxygens (including phenoxy) is 4. The fraction of sp³-hybridized carbons (Fsp3) is 0.333. The minimum atomic E-state index is 0.231. The van der Waals surface area contributed by atoms with Crippen LogP contribution < -0.4 is 18.9 Å². The van der Waals surface area contributed by atoms with Crippen molar-refractivity contribution < 1.29 is 23.5 Å². The Bertz CT molecular complexity index is 1050. The van der Waals surface area contributed by atoms with E-state index in [9.17, 15) is 0 Å². The van der Waals surface area contributed by atoms with Crippen LogP contribution in [0.2, 0.25) is 0 Å². The molecule has 0 atom stereocenters. The average molecular weight is 422 g/mol. The zero-order valence-electron chi connectivity index (χ0n) is 18.0. The summed E-state index contributed by atoms with van der Waals surface area (Å²) in [5.41, 5.74) is 1.73. The molecule has 31 heavy (non-hydrogen) atoms. The van der Waals surface area contributed by atoms with Crippen molar-refractivity contribution >= 4 is 12.2 Å². The molecule has 7 heteroatoms. The fourth-order valence-corrected chi connectivity index (χ4v) is 3.64. The zero-order valence-corrected chi connectivity index (χ0v) is 18.0. The number of nitrogens with zero attached hydrogens (tertiary/aromatic N) is 2. The number of methoxy groups -OCH3 is 3. The van der Waals surface area contributed by atoms with Crippen LogP contribution in [0.3, 0.4) is 0 Å². The summed E-state index contributed by atoms with van der Waals surface area (Å²) in [5, 5.41) is 4.11. The average Bonchev–Trinajstić information content (AvgIpc) is 3.49. The monoisotopic (exact) mass is 422 g/mol. The number of hydrogen-bond acceptors (Lipinski definition) is 7. The molecule has 3 aromatic rings. The van der Waals surface area contributed by atoms with Gasteiger partial charge in [0.1, 0.15) is 0 Å². The van der Waals surface area contributed by atoms with Gasteiger partial charge in [0.05, 0.1) is 27.4 Å². The summed E-state index contributed by atoms with van der Waals surface area (Å²) in [4.78, 5) is 4.48. The van der Waals surface area contributed by atoms with E-state index in [1.165, 1.54) is 12.8 Å². The highest BCUT2D eigenvalue weighted by molar-refractivity contribution is 5.69. The summed E-state index contributed by atoms with van der Waals surface area (Å²) < 4.78 is 27.6. The van der Waals surface area contributed by atoms with E-state index in [1.54, 1.807) is 27.4 Å². The highest BCUT2D eigenvalue weighted by atomic mass is 16.5. The second-order valence-electron chi connectivity index (χ2n) is 7.29. The first-order valence-electron chi connectivity index (χ1n) is 10.3. The Morgan fingerprint density at radius 2 is 1.55 bits per heavy atom. The summed E-state index contributed by atoms with van der Waals surface area (Å²) in [6.45, 7) is 0. The molecule has 1 aliphatic carbocycles. The number of rotatable bonds is 8. The standard InChI is InChI=1S/C24H26N2O5/c1-27-19-11-8-16(14-21(19)29-3)9-13-23-25-24(26-31-23)17-10-12-20(28-2)22(15-17)30-18-6-4-5-7-18/h8-15,18H,4-7H2,1-3H3/b13-9+. The van der Waals surface area contributed by atoms with Gasteiger partial charge in [0, 0.05) is 11.6 Å². The van der Waals surface area contributed by atoms with Crippen molar-refractivity contribution in [3.63, 3.8) is 0 Å². The van der Waals surface area contributed by atoms with Crippen molar-refractivity contribution in [2.75, 3.05) is 21.3 Å². The molecule has 0 saturated heterocycles. The van der Waals surface area contributed by atoms with Gasteiger partial charge in [-0.15, -0.1) is 0 Å². The van der Waals surface area contributed by atoms with E-state index in [-0.39, 0.29) is 6.10 Å². The minimum Gasteiger partial charge on any atom is -0.493 e. The molecular weight excluding hydrogens is 396 g/mol. The van der Waals surface area contributed by atoms with Gasteiger partial charge in [-0.05, 0) is 67.7 Å². The van der Waals surface area contributed by atoms with Crippen molar-refractivity contribution in [3.8, 4) is 34.4 Å². The second kappa shape index (κ2) is 9.55. The molecule has 0 amide bonds. The Balaban J connectivity index is 1.52. The van der Waals surface area contributed by atoms with Crippen LogP contribution in [0.5, 0.6) is 23.0 Å². The van der Waals surface area contributed by atoms with Gasteiger partial charge < -0.3 is 23.5 Å². The quantitative estimate of drug-likeness (QED) is 0.490. The predicted octanol–water partition coefficient (Wildman–Crippen LogP) is 5.25. The summed E-state index contributed by atoms with van der Waals surface area (Å²) in [5.74, 6) is 3.63. The molecule has 162 valence electrons. The lowest BCUT2D eigenvalue weighted by molar-refractivity contribution is 0.201.